The Morgan fingerprint density at radius 2 is 1.69 bits per heavy atom. The number of rotatable bonds is 5. The van der Waals surface area contributed by atoms with Gasteiger partial charge >= 0.3 is 17.9 Å². The number of anilines is 1. The first-order valence-electron chi connectivity index (χ1n) is 7.84. The van der Waals surface area contributed by atoms with Gasteiger partial charge < -0.3 is 14.6 Å². The second kappa shape index (κ2) is 6.99. The zero-order chi connectivity index (χ0) is 19.6. The molecule has 1 aromatic carbocycles. The molecule has 0 bridgehead atoms. The molecule has 1 aliphatic rings. The van der Waals surface area contributed by atoms with Crippen molar-refractivity contribution in [3.63, 3.8) is 0 Å². The van der Waals surface area contributed by atoms with E-state index in [1.54, 1.807) is 6.92 Å². The molecule has 0 radical (unpaired) electrons. The number of methoxy groups -OCH3 is 1. The van der Waals surface area contributed by atoms with Crippen LogP contribution in [0.3, 0.4) is 0 Å². The summed E-state index contributed by atoms with van der Waals surface area (Å²) in [7, 11) is 1.10. The van der Waals surface area contributed by atoms with Crippen molar-refractivity contribution in [2.45, 2.75) is 20.8 Å². The van der Waals surface area contributed by atoms with E-state index in [-0.39, 0.29) is 29.1 Å². The summed E-state index contributed by atoms with van der Waals surface area (Å²) in [6.07, 6.45) is 0. The van der Waals surface area contributed by atoms with Gasteiger partial charge in [0.15, 0.2) is 0 Å². The summed E-state index contributed by atoms with van der Waals surface area (Å²) in [5, 5.41) is 9.52. The SMILES string of the molecule is CCOC(=O)c1ccc(N2C(=O)C(C)(C)C(C(=O)O)=C2C(=O)OC)cc1. The molecule has 1 N–H and O–H groups in total. The van der Waals surface area contributed by atoms with E-state index >= 15 is 0 Å². The van der Waals surface area contributed by atoms with Gasteiger partial charge in [-0.2, -0.15) is 0 Å². The van der Waals surface area contributed by atoms with E-state index in [1.165, 1.54) is 38.1 Å². The van der Waals surface area contributed by atoms with Crippen LogP contribution in [-0.2, 0) is 23.9 Å². The van der Waals surface area contributed by atoms with Gasteiger partial charge in [0.2, 0.25) is 5.91 Å². The van der Waals surface area contributed by atoms with E-state index < -0.39 is 29.2 Å². The zero-order valence-electron chi connectivity index (χ0n) is 14.9. The first kappa shape index (κ1) is 19.2. The van der Waals surface area contributed by atoms with Gasteiger partial charge in [-0.25, -0.2) is 14.4 Å². The number of amides is 1. The molecule has 138 valence electrons. The zero-order valence-corrected chi connectivity index (χ0v) is 14.9. The molecule has 1 amide bonds. The third-order valence-electron chi connectivity index (χ3n) is 4.05. The predicted octanol–water partition coefficient (Wildman–Crippen LogP) is 1.75. The lowest BCUT2D eigenvalue weighted by molar-refractivity contribution is -0.138. The predicted molar refractivity (Wildman–Crippen MR) is 90.3 cm³/mol. The van der Waals surface area contributed by atoms with E-state index in [2.05, 4.69) is 4.74 Å². The molecule has 0 aliphatic carbocycles. The number of hydrogen-bond acceptors (Lipinski definition) is 6. The molecule has 0 saturated heterocycles. The minimum Gasteiger partial charge on any atom is -0.478 e. The molecule has 26 heavy (non-hydrogen) atoms. The summed E-state index contributed by atoms with van der Waals surface area (Å²) in [4.78, 5) is 49.4. The fraction of sp³-hybridized carbons (Fsp3) is 0.333. The van der Waals surface area contributed by atoms with Crippen molar-refractivity contribution in [1.82, 2.24) is 0 Å². The maximum atomic E-state index is 12.8. The van der Waals surface area contributed by atoms with Crippen molar-refractivity contribution >= 4 is 29.5 Å². The molecule has 1 heterocycles. The molecule has 8 nitrogen and oxygen atoms in total. The standard InChI is InChI=1S/C18H19NO7/c1-5-26-15(22)10-6-8-11(9-7-10)19-13(16(23)25-4)12(14(20)21)18(2,3)17(19)24/h6-9H,5H2,1-4H3,(H,20,21). The molecule has 2 rings (SSSR count). The summed E-state index contributed by atoms with van der Waals surface area (Å²) in [6, 6.07) is 5.74. The molecular weight excluding hydrogens is 342 g/mol. The largest absolute Gasteiger partial charge is 0.478 e. The summed E-state index contributed by atoms with van der Waals surface area (Å²) in [5.41, 5.74) is -1.60. The molecule has 0 atom stereocenters. The number of esters is 2. The van der Waals surface area contributed by atoms with Gasteiger partial charge in [-0.15, -0.1) is 0 Å². The second-order valence-corrected chi connectivity index (χ2v) is 6.05. The Bertz CT molecular complexity index is 805. The number of carbonyl (C=O) groups is 4. The molecule has 0 saturated carbocycles. The minimum absolute atomic E-state index is 0.219. The molecular formula is C18H19NO7. The second-order valence-electron chi connectivity index (χ2n) is 6.05. The average molecular weight is 361 g/mol. The Balaban J connectivity index is 2.56. The van der Waals surface area contributed by atoms with Crippen molar-refractivity contribution in [3.8, 4) is 0 Å². The van der Waals surface area contributed by atoms with E-state index in [0.717, 1.165) is 12.0 Å². The van der Waals surface area contributed by atoms with Crippen molar-refractivity contribution < 1.29 is 33.8 Å². The molecule has 8 heteroatoms. The Kier molecular flexibility index (Phi) is 5.15. The van der Waals surface area contributed by atoms with Crippen molar-refractivity contribution in [2.24, 2.45) is 5.41 Å². The third kappa shape index (κ3) is 3.05. The van der Waals surface area contributed by atoms with Crippen LogP contribution in [0.2, 0.25) is 0 Å². The summed E-state index contributed by atoms with van der Waals surface area (Å²) < 4.78 is 9.57. The van der Waals surface area contributed by atoms with Crippen LogP contribution in [0.5, 0.6) is 0 Å². The number of nitrogens with zero attached hydrogens (tertiary/aromatic N) is 1. The van der Waals surface area contributed by atoms with Crippen LogP contribution in [0.15, 0.2) is 35.5 Å². The van der Waals surface area contributed by atoms with E-state index in [1.807, 2.05) is 0 Å². The Labute approximate surface area is 150 Å². The highest BCUT2D eigenvalue weighted by molar-refractivity contribution is 6.20. The van der Waals surface area contributed by atoms with Crippen LogP contribution in [0.4, 0.5) is 5.69 Å². The van der Waals surface area contributed by atoms with Gasteiger partial charge in [0.1, 0.15) is 5.70 Å². The molecule has 0 unspecified atom stereocenters. The lowest BCUT2D eigenvalue weighted by Crippen LogP contribution is -2.35. The summed E-state index contributed by atoms with van der Waals surface area (Å²) in [5.74, 6) is -3.42. The monoisotopic (exact) mass is 361 g/mol. The Morgan fingerprint density at radius 3 is 2.15 bits per heavy atom. The Morgan fingerprint density at radius 1 is 1.12 bits per heavy atom. The molecule has 1 aromatic rings. The normalized spacial score (nSPS) is 15.8. The van der Waals surface area contributed by atoms with Gasteiger partial charge in [-0.05, 0) is 45.0 Å². The summed E-state index contributed by atoms with van der Waals surface area (Å²) >= 11 is 0. The van der Waals surface area contributed by atoms with Crippen molar-refractivity contribution in [2.75, 3.05) is 18.6 Å². The number of hydrogen-bond donors (Lipinski definition) is 1. The maximum absolute atomic E-state index is 12.8. The number of carbonyl (C=O) groups excluding carboxylic acids is 3. The molecule has 0 spiro atoms. The van der Waals surface area contributed by atoms with Crippen molar-refractivity contribution in [3.05, 3.63) is 41.1 Å². The molecule has 1 aliphatic heterocycles. The topological polar surface area (TPSA) is 110 Å². The lowest BCUT2D eigenvalue weighted by atomic mass is 9.85. The van der Waals surface area contributed by atoms with Gasteiger partial charge in [-0.3, -0.25) is 9.69 Å². The smallest absolute Gasteiger partial charge is 0.355 e. The van der Waals surface area contributed by atoms with Crippen LogP contribution < -0.4 is 4.90 Å². The van der Waals surface area contributed by atoms with E-state index in [4.69, 9.17) is 4.74 Å². The average Bonchev–Trinajstić information content (AvgIpc) is 2.81. The first-order valence-corrected chi connectivity index (χ1v) is 7.84. The molecule has 0 fully saturated rings. The number of carboxylic acid groups (broad SMARTS) is 1. The van der Waals surface area contributed by atoms with Gasteiger partial charge in [0.05, 0.1) is 30.3 Å². The first-order chi connectivity index (χ1) is 12.2. The quantitative estimate of drug-likeness (QED) is 0.796. The highest BCUT2D eigenvalue weighted by Gasteiger charge is 2.52. The van der Waals surface area contributed by atoms with Gasteiger partial charge in [-0.1, -0.05) is 0 Å². The highest BCUT2D eigenvalue weighted by Crippen LogP contribution is 2.42. The van der Waals surface area contributed by atoms with Crippen LogP contribution >= 0.6 is 0 Å². The third-order valence-corrected chi connectivity index (χ3v) is 4.05. The van der Waals surface area contributed by atoms with Crippen LogP contribution in [0, 0.1) is 5.41 Å². The minimum atomic E-state index is -1.42. The number of carboxylic acids is 1. The fourth-order valence-electron chi connectivity index (χ4n) is 2.76. The lowest BCUT2D eigenvalue weighted by Gasteiger charge is -2.22. The van der Waals surface area contributed by atoms with Crippen LogP contribution in [0.1, 0.15) is 31.1 Å². The van der Waals surface area contributed by atoms with E-state index in [0.29, 0.717) is 0 Å². The number of benzene rings is 1. The number of ether oxygens (including phenoxy) is 2. The van der Waals surface area contributed by atoms with Crippen molar-refractivity contribution in [1.29, 1.82) is 0 Å². The van der Waals surface area contributed by atoms with Crippen LogP contribution in [-0.4, -0.2) is 42.6 Å². The fourth-order valence-corrected chi connectivity index (χ4v) is 2.76. The van der Waals surface area contributed by atoms with Gasteiger partial charge in [0.25, 0.3) is 0 Å². The number of aliphatic carboxylic acids is 1. The maximum Gasteiger partial charge on any atom is 0.355 e. The summed E-state index contributed by atoms with van der Waals surface area (Å²) in [6.45, 7) is 4.75. The molecule has 0 aromatic heterocycles. The Hall–Kier alpha value is -3.16. The van der Waals surface area contributed by atoms with Gasteiger partial charge in [0, 0.05) is 5.69 Å². The van der Waals surface area contributed by atoms with Crippen LogP contribution in [0.25, 0.3) is 0 Å². The highest BCUT2D eigenvalue weighted by atomic mass is 16.5. The van der Waals surface area contributed by atoms with E-state index in [9.17, 15) is 24.3 Å².